The van der Waals surface area contributed by atoms with Crippen molar-refractivity contribution in [2.45, 2.75) is 45.3 Å². The summed E-state index contributed by atoms with van der Waals surface area (Å²) in [6.45, 7) is 4.72. The highest BCUT2D eigenvalue weighted by molar-refractivity contribution is 5.88. The molecule has 5 nitrogen and oxygen atoms in total. The van der Waals surface area contributed by atoms with Gasteiger partial charge in [-0.2, -0.15) is 0 Å². The number of benzene rings is 1. The van der Waals surface area contributed by atoms with E-state index in [-0.39, 0.29) is 24.3 Å². The molecule has 5 heteroatoms. The topological polar surface area (TPSA) is 69.6 Å². The average molecular weight is 318 g/mol. The van der Waals surface area contributed by atoms with Crippen LogP contribution in [0.4, 0.5) is 0 Å². The van der Waals surface area contributed by atoms with Crippen LogP contribution in [0.5, 0.6) is 0 Å². The molecule has 1 aromatic carbocycles. The molecule has 1 saturated heterocycles. The second kappa shape index (κ2) is 8.11. The summed E-state index contributed by atoms with van der Waals surface area (Å²) in [7, 11) is 0. The second-order valence-corrected chi connectivity index (χ2v) is 6.47. The Morgan fingerprint density at radius 1 is 1.30 bits per heavy atom. The lowest BCUT2D eigenvalue weighted by atomic mass is 10.0. The molecule has 0 saturated carbocycles. The minimum atomic E-state index is -0.636. The Labute approximate surface area is 137 Å². The van der Waals surface area contributed by atoms with Gasteiger partial charge in [0.05, 0.1) is 6.10 Å². The molecule has 1 aromatic rings. The minimum absolute atomic E-state index is 0.0447. The van der Waals surface area contributed by atoms with Crippen molar-refractivity contribution < 1.29 is 14.7 Å². The third-order valence-electron chi connectivity index (χ3n) is 4.17. The molecule has 0 aliphatic carbocycles. The van der Waals surface area contributed by atoms with Gasteiger partial charge in [0.15, 0.2) is 0 Å². The fraction of sp³-hybridized carbons (Fsp3) is 0.556. The van der Waals surface area contributed by atoms with E-state index in [1.165, 1.54) is 0 Å². The van der Waals surface area contributed by atoms with Crippen LogP contribution in [0.25, 0.3) is 0 Å². The Hall–Kier alpha value is -1.88. The van der Waals surface area contributed by atoms with E-state index in [0.717, 1.165) is 12.0 Å². The molecule has 2 unspecified atom stereocenters. The van der Waals surface area contributed by atoms with Crippen molar-refractivity contribution in [3.05, 3.63) is 35.9 Å². The number of aliphatic hydroxyl groups excluding tert-OH is 1. The lowest BCUT2D eigenvalue weighted by Crippen LogP contribution is -2.51. The van der Waals surface area contributed by atoms with Gasteiger partial charge in [-0.05, 0) is 17.9 Å². The minimum Gasteiger partial charge on any atom is -0.391 e. The molecule has 2 amide bonds. The first-order valence-corrected chi connectivity index (χ1v) is 8.28. The summed E-state index contributed by atoms with van der Waals surface area (Å²) in [5.74, 6) is -0.0886. The summed E-state index contributed by atoms with van der Waals surface area (Å²) in [6, 6.07) is 9.23. The van der Waals surface area contributed by atoms with E-state index in [4.69, 9.17) is 0 Å². The van der Waals surface area contributed by atoms with Gasteiger partial charge in [-0.1, -0.05) is 44.2 Å². The van der Waals surface area contributed by atoms with Crippen molar-refractivity contribution in [2.24, 2.45) is 5.92 Å². The lowest BCUT2D eigenvalue weighted by Gasteiger charge is -2.30. The molecule has 2 N–H and O–H groups in total. The molecule has 0 bridgehead atoms. The first-order valence-electron chi connectivity index (χ1n) is 8.28. The Morgan fingerprint density at radius 3 is 2.57 bits per heavy atom. The molecule has 1 aliphatic rings. The van der Waals surface area contributed by atoms with Crippen LogP contribution >= 0.6 is 0 Å². The summed E-state index contributed by atoms with van der Waals surface area (Å²) in [6.07, 6.45) is 1.19. The van der Waals surface area contributed by atoms with Crippen molar-refractivity contribution in [3.63, 3.8) is 0 Å². The van der Waals surface area contributed by atoms with E-state index in [1.807, 2.05) is 44.2 Å². The predicted octanol–water partition coefficient (Wildman–Crippen LogP) is 1.35. The standard InChI is InChI=1S/C18H26N2O3/c1-13(2)17(20-10-6-9-16(20)22)18(23)19-12-15(21)11-14-7-4-3-5-8-14/h3-5,7-8,13,15,17,21H,6,9-12H2,1-2H3,(H,19,23). The molecule has 0 radical (unpaired) electrons. The molecular formula is C18H26N2O3. The monoisotopic (exact) mass is 318 g/mol. The molecule has 2 atom stereocenters. The van der Waals surface area contributed by atoms with Crippen LogP contribution in [0.2, 0.25) is 0 Å². The van der Waals surface area contributed by atoms with E-state index >= 15 is 0 Å². The maximum atomic E-state index is 12.5. The molecule has 2 rings (SSSR count). The van der Waals surface area contributed by atoms with Crippen molar-refractivity contribution in [1.82, 2.24) is 10.2 Å². The second-order valence-electron chi connectivity index (χ2n) is 6.47. The number of rotatable bonds is 7. The summed E-state index contributed by atoms with van der Waals surface area (Å²) in [4.78, 5) is 26.0. The molecule has 0 aromatic heterocycles. The zero-order valence-electron chi connectivity index (χ0n) is 13.9. The number of hydrogen-bond donors (Lipinski definition) is 2. The van der Waals surface area contributed by atoms with Crippen molar-refractivity contribution in [3.8, 4) is 0 Å². The van der Waals surface area contributed by atoms with Gasteiger partial charge < -0.3 is 15.3 Å². The largest absolute Gasteiger partial charge is 0.391 e. The van der Waals surface area contributed by atoms with E-state index in [9.17, 15) is 14.7 Å². The Morgan fingerprint density at radius 2 is 2.00 bits per heavy atom. The van der Waals surface area contributed by atoms with Crippen LogP contribution in [0.1, 0.15) is 32.3 Å². The Bertz CT molecular complexity index is 530. The molecule has 1 heterocycles. The number of nitrogens with zero attached hydrogens (tertiary/aromatic N) is 1. The number of nitrogens with one attached hydrogen (secondary N) is 1. The number of carbonyl (C=O) groups is 2. The highest BCUT2D eigenvalue weighted by Gasteiger charge is 2.34. The normalized spacial score (nSPS) is 17.4. The van der Waals surface area contributed by atoms with Gasteiger partial charge >= 0.3 is 0 Å². The molecule has 23 heavy (non-hydrogen) atoms. The molecular weight excluding hydrogens is 292 g/mol. The maximum Gasteiger partial charge on any atom is 0.243 e. The van der Waals surface area contributed by atoms with Gasteiger partial charge in [0.25, 0.3) is 0 Å². The fourth-order valence-corrected chi connectivity index (χ4v) is 3.05. The smallest absolute Gasteiger partial charge is 0.243 e. The predicted molar refractivity (Wildman–Crippen MR) is 88.7 cm³/mol. The van der Waals surface area contributed by atoms with Gasteiger partial charge in [-0.3, -0.25) is 9.59 Å². The van der Waals surface area contributed by atoms with E-state index in [2.05, 4.69) is 5.32 Å². The van der Waals surface area contributed by atoms with Crippen LogP contribution < -0.4 is 5.32 Å². The lowest BCUT2D eigenvalue weighted by molar-refractivity contribution is -0.139. The van der Waals surface area contributed by atoms with Gasteiger partial charge in [0, 0.05) is 25.9 Å². The zero-order valence-corrected chi connectivity index (χ0v) is 13.9. The number of likely N-dealkylation sites (tertiary alicyclic amines) is 1. The van der Waals surface area contributed by atoms with Crippen LogP contribution in [0.15, 0.2) is 30.3 Å². The van der Waals surface area contributed by atoms with Gasteiger partial charge in [0.2, 0.25) is 11.8 Å². The molecule has 126 valence electrons. The van der Waals surface area contributed by atoms with E-state index in [1.54, 1.807) is 4.90 Å². The summed E-state index contributed by atoms with van der Waals surface area (Å²) in [5, 5.41) is 12.9. The van der Waals surface area contributed by atoms with Gasteiger partial charge in [-0.25, -0.2) is 0 Å². The van der Waals surface area contributed by atoms with E-state index in [0.29, 0.717) is 19.4 Å². The summed E-state index contributed by atoms with van der Waals surface area (Å²) in [5.41, 5.74) is 1.03. The maximum absolute atomic E-state index is 12.5. The molecule has 0 spiro atoms. The zero-order chi connectivity index (χ0) is 16.8. The Balaban J connectivity index is 1.87. The number of aliphatic hydroxyl groups is 1. The van der Waals surface area contributed by atoms with Crippen molar-refractivity contribution >= 4 is 11.8 Å². The number of amides is 2. The van der Waals surface area contributed by atoms with Crippen LogP contribution in [0, 0.1) is 5.92 Å². The fourth-order valence-electron chi connectivity index (χ4n) is 3.05. The van der Waals surface area contributed by atoms with E-state index < -0.39 is 12.1 Å². The third-order valence-corrected chi connectivity index (χ3v) is 4.17. The quantitative estimate of drug-likeness (QED) is 0.797. The first kappa shape index (κ1) is 17.5. The van der Waals surface area contributed by atoms with Gasteiger partial charge in [-0.15, -0.1) is 0 Å². The number of hydrogen-bond acceptors (Lipinski definition) is 3. The molecule has 1 aliphatic heterocycles. The SMILES string of the molecule is CC(C)C(C(=O)NCC(O)Cc1ccccc1)N1CCCC1=O. The molecule has 1 fully saturated rings. The summed E-state index contributed by atoms with van der Waals surface area (Å²) >= 11 is 0. The number of carbonyl (C=O) groups excluding carboxylic acids is 2. The van der Waals surface area contributed by atoms with Crippen LogP contribution in [0.3, 0.4) is 0 Å². The first-order chi connectivity index (χ1) is 11.0. The van der Waals surface area contributed by atoms with Gasteiger partial charge in [0.1, 0.15) is 6.04 Å². The summed E-state index contributed by atoms with van der Waals surface area (Å²) < 4.78 is 0. The third kappa shape index (κ3) is 4.79. The van der Waals surface area contributed by atoms with Crippen LogP contribution in [-0.2, 0) is 16.0 Å². The highest BCUT2D eigenvalue weighted by atomic mass is 16.3. The average Bonchev–Trinajstić information content (AvgIpc) is 2.92. The van der Waals surface area contributed by atoms with Crippen LogP contribution in [-0.4, -0.2) is 47.1 Å². The van der Waals surface area contributed by atoms with Crippen molar-refractivity contribution in [2.75, 3.05) is 13.1 Å². The Kier molecular flexibility index (Phi) is 6.16. The highest BCUT2D eigenvalue weighted by Crippen LogP contribution is 2.19. The van der Waals surface area contributed by atoms with Crippen molar-refractivity contribution in [1.29, 1.82) is 0 Å².